The van der Waals surface area contributed by atoms with Crippen molar-refractivity contribution in [3.63, 3.8) is 0 Å². The van der Waals surface area contributed by atoms with Crippen LogP contribution in [0.5, 0.6) is 5.75 Å². The first-order valence-electron chi connectivity index (χ1n) is 20.4. The van der Waals surface area contributed by atoms with Crippen molar-refractivity contribution >= 4 is 19.7 Å². The van der Waals surface area contributed by atoms with Gasteiger partial charge < -0.3 is 33.0 Å². The highest BCUT2D eigenvalue weighted by molar-refractivity contribution is 6.58. The predicted octanol–water partition coefficient (Wildman–Crippen LogP) is 10.5. The smallest absolute Gasteiger partial charge is 0.155 e. The molecule has 1 aliphatic heterocycles. The molecular weight excluding hydrogens is 739 g/mol. The minimum Gasteiger partial charge on any atom is -0.497 e. The summed E-state index contributed by atoms with van der Waals surface area (Å²) in [5.41, 5.74) is 7.49. The van der Waals surface area contributed by atoms with Crippen molar-refractivity contribution in [2.45, 2.75) is 102 Å². The van der Waals surface area contributed by atoms with Gasteiger partial charge in [0.1, 0.15) is 39.0 Å². The Bertz CT molecular complexity index is 2190. The fourth-order valence-electron chi connectivity index (χ4n) is 7.94. The number of hydrogen-bond acceptors (Lipinski definition) is 6. The Kier molecular flexibility index (Phi) is 13.3. The first-order valence-corrected chi connectivity index (χ1v) is 22.9. The van der Waals surface area contributed by atoms with E-state index < -0.39 is 44.2 Å². The first kappa shape index (κ1) is 41.6. The molecule has 303 valence electrons. The molecule has 0 N–H and O–H groups in total. The summed E-state index contributed by atoms with van der Waals surface area (Å²) in [5.74, 6) is 0.841. The van der Waals surface area contributed by atoms with E-state index in [1.54, 1.807) is 7.11 Å². The van der Waals surface area contributed by atoms with Crippen molar-refractivity contribution in [1.29, 1.82) is 0 Å². The highest BCUT2D eigenvalue weighted by Gasteiger charge is 2.60. The normalized spacial score (nSPS) is 21.1. The molecule has 0 amide bonds. The van der Waals surface area contributed by atoms with E-state index in [1.165, 1.54) is 22.1 Å². The van der Waals surface area contributed by atoms with E-state index in [0.29, 0.717) is 26.4 Å². The van der Waals surface area contributed by atoms with Crippen LogP contribution in [0.3, 0.4) is 0 Å². The van der Waals surface area contributed by atoms with E-state index in [1.807, 2.05) is 42.5 Å². The summed E-state index contributed by atoms with van der Waals surface area (Å²) in [7, 11) is 0.252. The SMILES string of the molecule is COc1ccc(Cc2cn([C@@]3([Si](C)C)O[C@H](COC(C)(C)C)[C@@H](OCc4ccccc4)[C@H](OCc4ccccc4)[C@H]3OCc3ccccc3)c3cc(C)ccc23)cc1. The molecule has 1 saturated heterocycles. The van der Waals surface area contributed by atoms with Crippen molar-refractivity contribution in [2.75, 3.05) is 13.7 Å². The minimum atomic E-state index is -1.45. The summed E-state index contributed by atoms with van der Waals surface area (Å²) < 4.78 is 43.9. The van der Waals surface area contributed by atoms with Gasteiger partial charge in [-0.2, -0.15) is 0 Å². The summed E-state index contributed by atoms with van der Waals surface area (Å²) in [5, 5.41) is 0.227. The molecule has 1 aliphatic rings. The number of fused-ring (bicyclic) bond motifs is 1. The van der Waals surface area contributed by atoms with Crippen molar-refractivity contribution in [2.24, 2.45) is 0 Å². The maximum absolute atomic E-state index is 7.78. The topological polar surface area (TPSA) is 60.3 Å². The van der Waals surface area contributed by atoms with Crippen LogP contribution in [0.4, 0.5) is 0 Å². The lowest BCUT2D eigenvalue weighted by molar-refractivity contribution is -0.311. The third-order valence-corrected chi connectivity index (χ3v) is 13.0. The Morgan fingerprint density at radius 1 is 0.672 bits per heavy atom. The lowest BCUT2D eigenvalue weighted by atomic mass is 9.95. The summed E-state index contributed by atoms with van der Waals surface area (Å²) >= 11 is 0. The lowest BCUT2D eigenvalue weighted by Gasteiger charge is -2.55. The second-order valence-electron chi connectivity index (χ2n) is 16.6. The van der Waals surface area contributed by atoms with E-state index in [-0.39, 0.29) is 0 Å². The summed E-state index contributed by atoms with van der Waals surface area (Å²) in [6, 6.07) is 46.1. The number of nitrogens with zero attached hydrogens (tertiary/aromatic N) is 1. The molecule has 5 aromatic carbocycles. The number of rotatable bonds is 16. The van der Waals surface area contributed by atoms with Gasteiger partial charge in [0.2, 0.25) is 0 Å². The Labute approximate surface area is 346 Å². The molecular formula is C50H58NO6Si. The van der Waals surface area contributed by atoms with Crippen molar-refractivity contribution < 1.29 is 28.4 Å². The molecule has 2 heterocycles. The number of aryl methyl sites for hydroxylation is 1. The molecule has 1 fully saturated rings. The van der Waals surface area contributed by atoms with Crippen LogP contribution in [-0.4, -0.2) is 57.1 Å². The first-order chi connectivity index (χ1) is 28.0. The van der Waals surface area contributed by atoms with Crippen LogP contribution in [0, 0.1) is 6.92 Å². The van der Waals surface area contributed by atoms with E-state index in [4.69, 9.17) is 28.4 Å². The van der Waals surface area contributed by atoms with E-state index >= 15 is 0 Å². The zero-order valence-corrected chi connectivity index (χ0v) is 36.0. The molecule has 7 nitrogen and oxygen atoms in total. The zero-order chi connectivity index (χ0) is 40.7. The summed E-state index contributed by atoms with van der Waals surface area (Å²) in [4.78, 5) is 0. The quantitative estimate of drug-likeness (QED) is 0.0910. The molecule has 0 saturated carbocycles. The van der Waals surface area contributed by atoms with Crippen LogP contribution in [0.15, 0.2) is 140 Å². The van der Waals surface area contributed by atoms with Gasteiger partial charge in [0.05, 0.1) is 44.7 Å². The number of benzene rings is 5. The van der Waals surface area contributed by atoms with Crippen molar-refractivity contribution in [3.05, 3.63) is 173 Å². The van der Waals surface area contributed by atoms with Crippen LogP contribution in [0.1, 0.15) is 54.2 Å². The van der Waals surface area contributed by atoms with Crippen LogP contribution in [-0.2, 0) is 55.3 Å². The van der Waals surface area contributed by atoms with Crippen LogP contribution in [0.2, 0.25) is 13.1 Å². The minimum absolute atomic E-state index is 0.313. The van der Waals surface area contributed by atoms with Gasteiger partial charge in [-0.1, -0.05) is 128 Å². The van der Waals surface area contributed by atoms with Crippen LogP contribution >= 0.6 is 0 Å². The van der Waals surface area contributed by atoms with Gasteiger partial charge in [-0.05, 0) is 85.7 Å². The Hall–Kier alpha value is -4.54. The fraction of sp³-hybridized carbons (Fsp3) is 0.360. The summed E-state index contributed by atoms with van der Waals surface area (Å²) in [6.45, 7) is 14.5. The molecule has 1 aromatic heterocycles. The molecule has 5 atom stereocenters. The monoisotopic (exact) mass is 796 g/mol. The van der Waals surface area contributed by atoms with Gasteiger partial charge in [-0.15, -0.1) is 0 Å². The van der Waals surface area contributed by atoms with Crippen LogP contribution < -0.4 is 4.74 Å². The molecule has 7 rings (SSSR count). The second-order valence-corrected chi connectivity index (χ2v) is 19.3. The molecule has 0 aliphatic carbocycles. The molecule has 58 heavy (non-hydrogen) atoms. The van der Waals surface area contributed by atoms with E-state index in [2.05, 4.69) is 143 Å². The maximum atomic E-state index is 7.78. The van der Waals surface area contributed by atoms with Crippen LogP contribution in [0.25, 0.3) is 10.9 Å². The molecule has 8 heteroatoms. The fourth-order valence-corrected chi connectivity index (χ4v) is 9.81. The van der Waals surface area contributed by atoms with Gasteiger partial charge in [0.25, 0.3) is 0 Å². The average Bonchev–Trinajstić information content (AvgIpc) is 3.58. The average molecular weight is 797 g/mol. The van der Waals surface area contributed by atoms with Gasteiger partial charge in [-0.25, -0.2) is 0 Å². The number of hydrogen-bond donors (Lipinski definition) is 0. The number of aromatic nitrogens is 1. The Balaban J connectivity index is 1.41. The highest BCUT2D eigenvalue weighted by Crippen LogP contribution is 2.45. The van der Waals surface area contributed by atoms with Gasteiger partial charge >= 0.3 is 0 Å². The zero-order valence-electron chi connectivity index (χ0n) is 35.0. The second kappa shape index (κ2) is 18.6. The number of methoxy groups -OCH3 is 1. The third-order valence-electron chi connectivity index (χ3n) is 10.9. The Morgan fingerprint density at radius 2 is 1.22 bits per heavy atom. The molecule has 0 bridgehead atoms. The maximum Gasteiger partial charge on any atom is 0.155 e. The van der Waals surface area contributed by atoms with Gasteiger partial charge in [0.15, 0.2) is 5.35 Å². The standard InChI is InChI=1S/C50H58NO6Si/c1-36-23-28-43-41(30-37-24-26-42(52-5)27-25-37)31-51(44(43)29-36)50(58(6)7)48(55-34-40-21-15-10-16-22-40)47(54-33-39-19-13-9-14-20-39)46(45(57-50)35-56-49(2,3)4)53-32-38-17-11-8-12-18-38/h8-29,31,45-48H,30,32-35H2,1-7H3/t45-,46-,47+,48-,50-/m1/s1. The van der Waals surface area contributed by atoms with Gasteiger partial charge in [0, 0.05) is 11.6 Å². The van der Waals surface area contributed by atoms with E-state index in [9.17, 15) is 0 Å². The Morgan fingerprint density at radius 3 is 1.76 bits per heavy atom. The molecule has 1 radical (unpaired) electrons. The lowest BCUT2D eigenvalue weighted by Crippen LogP contribution is -2.71. The molecule has 0 unspecified atom stereocenters. The van der Waals surface area contributed by atoms with Gasteiger partial charge in [-0.3, -0.25) is 0 Å². The third kappa shape index (κ3) is 9.66. The number of ether oxygens (including phenoxy) is 6. The largest absolute Gasteiger partial charge is 0.497 e. The predicted molar refractivity (Wildman–Crippen MR) is 234 cm³/mol. The van der Waals surface area contributed by atoms with Crippen molar-refractivity contribution in [3.8, 4) is 5.75 Å². The molecule has 6 aromatic rings. The highest BCUT2D eigenvalue weighted by atomic mass is 28.3. The van der Waals surface area contributed by atoms with E-state index in [0.717, 1.165) is 34.4 Å². The molecule has 0 spiro atoms. The summed E-state index contributed by atoms with van der Waals surface area (Å²) in [6.07, 6.45) is 0.923. The van der Waals surface area contributed by atoms with Crippen molar-refractivity contribution in [1.82, 2.24) is 4.57 Å².